The third kappa shape index (κ3) is 4.17. The monoisotopic (exact) mass is 290 g/mol. The summed E-state index contributed by atoms with van der Waals surface area (Å²) in [6, 6.07) is 0. The lowest BCUT2D eigenvalue weighted by atomic mass is 9.77. The molecule has 0 spiro atoms. The lowest BCUT2D eigenvalue weighted by Gasteiger charge is -2.30. The number of rotatable bonds is 4. The molecule has 1 fully saturated rings. The van der Waals surface area contributed by atoms with Crippen LogP contribution in [0.1, 0.15) is 53.4 Å². The van der Waals surface area contributed by atoms with Gasteiger partial charge < -0.3 is 5.73 Å². The molecule has 2 N–H and O–H groups in total. The highest BCUT2D eigenvalue weighted by atomic mass is 32.2. The van der Waals surface area contributed by atoms with E-state index in [1.807, 2.05) is 6.92 Å². The molecule has 4 nitrogen and oxygen atoms in total. The Labute approximate surface area is 118 Å². The van der Waals surface area contributed by atoms with Crippen LogP contribution in [0.15, 0.2) is 0 Å². The average molecular weight is 290 g/mol. The fourth-order valence-electron chi connectivity index (χ4n) is 2.90. The van der Waals surface area contributed by atoms with Crippen LogP contribution in [0.4, 0.5) is 0 Å². The van der Waals surface area contributed by atoms with E-state index in [1.54, 1.807) is 4.31 Å². The molecule has 1 rings (SSSR count). The van der Waals surface area contributed by atoms with Crippen molar-refractivity contribution in [2.24, 2.45) is 17.1 Å². The van der Waals surface area contributed by atoms with Gasteiger partial charge in [0.15, 0.2) is 0 Å². The minimum Gasteiger partial charge on any atom is -0.329 e. The smallest absolute Gasteiger partial charge is 0.218 e. The summed E-state index contributed by atoms with van der Waals surface area (Å²) in [7, 11) is -3.21. The van der Waals surface area contributed by atoms with Crippen LogP contribution in [0.5, 0.6) is 0 Å². The summed E-state index contributed by atoms with van der Waals surface area (Å²) < 4.78 is 26.7. The summed E-state index contributed by atoms with van der Waals surface area (Å²) >= 11 is 0. The van der Waals surface area contributed by atoms with Gasteiger partial charge in [0.2, 0.25) is 10.0 Å². The Balaban J connectivity index is 2.77. The van der Waals surface area contributed by atoms with Gasteiger partial charge in [-0.15, -0.1) is 0 Å². The summed E-state index contributed by atoms with van der Waals surface area (Å²) in [6.45, 7) is 10.2. The van der Waals surface area contributed by atoms with Crippen molar-refractivity contribution in [3.05, 3.63) is 0 Å². The second kappa shape index (κ2) is 6.55. The fraction of sp³-hybridized carbons (Fsp3) is 1.00. The Kier molecular flexibility index (Phi) is 5.83. The molecule has 1 aliphatic heterocycles. The van der Waals surface area contributed by atoms with Crippen LogP contribution in [0.3, 0.4) is 0 Å². The normalized spacial score (nSPS) is 25.0. The van der Waals surface area contributed by atoms with Crippen molar-refractivity contribution in [2.75, 3.05) is 19.6 Å². The van der Waals surface area contributed by atoms with Crippen molar-refractivity contribution in [3.8, 4) is 0 Å². The number of nitrogens with two attached hydrogens (primary N) is 1. The van der Waals surface area contributed by atoms with Crippen molar-refractivity contribution in [1.82, 2.24) is 4.31 Å². The van der Waals surface area contributed by atoms with E-state index in [0.29, 0.717) is 25.4 Å². The molecule has 5 heteroatoms. The summed E-state index contributed by atoms with van der Waals surface area (Å²) in [5.74, 6) is 0.602. The second-order valence-electron chi connectivity index (χ2n) is 6.70. The molecule has 2 unspecified atom stereocenters. The van der Waals surface area contributed by atoms with Gasteiger partial charge in [-0.1, -0.05) is 27.7 Å². The van der Waals surface area contributed by atoms with Gasteiger partial charge in [0.25, 0.3) is 0 Å². The molecule has 1 aliphatic rings. The van der Waals surface area contributed by atoms with Gasteiger partial charge >= 0.3 is 0 Å². The van der Waals surface area contributed by atoms with Gasteiger partial charge in [0.05, 0.1) is 5.25 Å². The first-order chi connectivity index (χ1) is 8.73. The zero-order valence-corrected chi connectivity index (χ0v) is 13.7. The first-order valence-electron chi connectivity index (χ1n) is 7.42. The van der Waals surface area contributed by atoms with Gasteiger partial charge in [-0.25, -0.2) is 12.7 Å². The van der Waals surface area contributed by atoms with E-state index in [4.69, 9.17) is 5.73 Å². The standard InChI is InChI=1S/C14H30N2O2S/c1-5-13(11-15)19(17,18)16-9-6-7-12(8-10-16)14(2,3)4/h12-13H,5-11,15H2,1-4H3. The minimum atomic E-state index is -3.21. The van der Waals surface area contributed by atoms with Crippen LogP contribution in [0.25, 0.3) is 0 Å². The van der Waals surface area contributed by atoms with Gasteiger partial charge in [-0.3, -0.25) is 0 Å². The molecule has 0 saturated carbocycles. The van der Waals surface area contributed by atoms with Gasteiger partial charge in [-0.05, 0) is 37.0 Å². The number of sulfonamides is 1. The highest BCUT2D eigenvalue weighted by molar-refractivity contribution is 7.89. The van der Waals surface area contributed by atoms with Crippen LogP contribution in [-0.4, -0.2) is 37.6 Å². The molecule has 2 atom stereocenters. The molecule has 0 bridgehead atoms. The maximum absolute atomic E-state index is 12.5. The van der Waals surface area contributed by atoms with Crippen molar-refractivity contribution >= 4 is 10.0 Å². The van der Waals surface area contributed by atoms with Crippen molar-refractivity contribution in [3.63, 3.8) is 0 Å². The lowest BCUT2D eigenvalue weighted by molar-refractivity contribution is 0.216. The molecule has 0 radical (unpaired) electrons. The summed E-state index contributed by atoms with van der Waals surface area (Å²) in [6.07, 6.45) is 3.64. The Hall–Kier alpha value is -0.130. The molecular weight excluding hydrogens is 260 g/mol. The first-order valence-corrected chi connectivity index (χ1v) is 8.92. The zero-order chi connectivity index (χ0) is 14.7. The number of hydrogen-bond donors (Lipinski definition) is 1. The molecular formula is C14H30N2O2S. The maximum Gasteiger partial charge on any atom is 0.218 e. The van der Waals surface area contributed by atoms with Crippen molar-refractivity contribution < 1.29 is 8.42 Å². The molecule has 0 aromatic carbocycles. The SMILES string of the molecule is CCC(CN)S(=O)(=O)N1CCCC(C(C)(C)C)CC1. The molecule has 114 valence electrons. The lowest BCUT2D eigenvalue weighted by Crippen LogP contribution is -2.42. The summed E-state index contributed by atoms with van der Waals surface area (Å²) in [5.41, 5.74) is 5.87. The Morgan fingerprint density at radius 2 is 1.89 bits per heavy atom. The van der Waals surface area contributed by atoms with Crippen LogP contribution in [0, 0.1) is 11.3 Å². The van der Waals surface area contributed by atoms with Crippen LogP contribution < -0.4 is 5.73 Å². The first kappa shape index (κ1) is 16.9. The predicted octanol–water partition coefficient (Wildman–Crippen LogP) is 2.20. The minimum absolute atomic E-state index is 0.220. The van der Waals surface area contributed by atoms with E-state index in [-0.39, 0.29) is 12.0 Å². The average Bonchev–Trinajstić information content (AvgIpc) is 2.55. The highest BCUT2D eigenvalue weighted by Gasteiger charge is 2.34. The Morgan fingerprint density at radius 1 is 1.26 bits per heavy atom. The van der Waals surface area contributed by atoms with Gasteiger partial charge in [0.1, 0.15) is 0 Å². The molecule has 1 saturated heterocycles. The Morgan fingerprint density at radius 3 is 2.37 bits per heavy atom. The third-order valence-corrected chi connectivity index (χ3v) is 6.86. The van der Waals surface area contributed by atoms with E-state index in [2.05, 4.69) is 20.8 Å². The maximum atomic E-state index is 12.5. The quantitative estimate of drug-likeness (QED) is 0.863. The largest absolute Gasteiger partial charge is 0.329 e. The topological polar surface area (TPSA) is 63.4 Å². The summed E-state index contributed by atoms with van der Waals surface area (Å²) in [5, 5.41) is -0.418. The van der Waals surface area contributed by atoms with Crippen LogP contribution in [-0.2, 0) is 10.0 Å². The van der Waals surface area contributed by atoms with E-state index in [9.17, 15) is 8.42 Å². The van der Waals surface area contributed by atoms with E-state index in [1.165, 1.54) is 0 Å². The fourth-order valence-corrected chi connectivity index (χ4v) is 4.73. The van der Waals surface area contributed by atoms with Crippen molar-refractivity contribution in [1.29, 1.82) is 0 Å². The summed E-state index contributed by atoms with van der Waals surface area (Å²) in [4.78, 5) is 0. The second-order valence-corrected chi connectivity index (χ2v) is 8.92. The molecule has 0 amide bonds. The van der Waals surface area contributed by atoms with Gasteiger partial charge in [-0.2, -0.15) is 0 Å². The highest BCUT2D eigenvalue weighted by Crippen LogP contribution is 2.35. The number of nitrogens with zero attached hydrogens (tertiary/aromatic N) is 1. The van der Waals surface area contributed by atoms with Crippen LogP contribution in [0.2, 0.25) is 0 Å². The van der Waals surface area contributed by atoms with Crippen molar-refractivity contribution in [2.45, 2.75) is 58.6 Å². The van der Waals surface area contributed by atoms with E-state index < -0.39 is 15.3 Å². The third-order valence-electron chi connectivity index (χ3n) is 4.41. The molecule has 0 aromatic rings. The van der Waals surface area contributed by atoms with Crippen LogP contribution >= 0.6 is 0 Å². The molecule has 1 heterocycles. The molecule has 0 aliphatic carbocycles. The Bertz CT molecular complexity index is 369. The van der Waals surface area contributed by atoms with E-state index in [0.717, 1.165) is 19.3 Å². The van der Waals surface area contributed by atoms with E-state index >= 15 is 0 Å². The molecule has 0 aromatic heterocycles. The molecule has 19 heavy (non-hydrogen) atoms. The van der Waals surface area contributed by atoms with Gasteiger partial charge in [0, 0.05) is 19.6 Å². The zero-order valence-electron chi connectivity index (χ0n) is 12.9. The number of hydrogen-bond acceptors (Lipinski definition) is 3. The predicted molar refractivity (Wildman–Crippen MR) is 80.4 cm³/mol.